The molecular weight excluding hydrogens is 312 g/mol. The molecule has 1 aromatic heterocycles. The van der Waals surface area contributed by atoms with Crippen molar-refractivity contribution in [2.45, 2.75) is 13.2 Å². The lowest BCUT2D eigenvalue weighted by molar-refractivity contribution is -0.286. The molecule has 0 radical (unpaired) electrons. The molecule has 2 heterocycles. The molecule has 23 heavy (non-hydrogen) atoms. The Balaban J connectivity index is 1.73. The van der Waals surface area contributed by atoms with Crippen molar-refractivity contribution in [2.75, 3.05) is 6.61 Å². The molecule has 0 saturated carbocycles. The number of rotatable bonds is 4. The fourth-order valence-electron chi connectivity index (χ4n) is 1.90. The van der Waals surface area contributed by atoms with Gasteiger partial charge in [0, 0.05) is 6.08 Å². The van der Waals surface area contributed by atoms with E-state index in [-0.39, 0.29) is 29.7 Å². The number of alkyl halides is 2. The van der Waals surface area contributed by atoms with E-state index in [0.717, 1.165) is 0 Å². The molecule has 0 saturated heterocycles. The predicted octanol–water partition coefficient (Wildman–Crippen LogP) is 3.34. The molecule has 0 spiro atoms. The smallest absolute Gasteiger partial charge is 0.461 e. The number of ether oxygens (including phenoxy) is 3. The van der Waals surface area contributed by atoms with E-state index in [9.17, 15) is 13.6 Å². The first-order valence-electron chi connectivity index (χ1n) is 6.67. The molecule has 0 atom stereocenters. The van der Waals surface area contributed by atoms with Crippen LogP contribution in [0.25, 0.3) is 12.2 Å². The van der Waals surface area contributed by atoms with E-state index < -0.39 is 12.3 Å². The highest BCUT2D eigenvalue weighted by atomic mass is 19.3. The van der Waals surface area contributed by atoms with Crippen molar-refractivity contribution in [2.24, 2.45) is 0 Å². The summed E-state index contributed by atoms with van der Waals surface area (Å²) in [5.74, 6) is -0.498. The van der Waals surface area contributed by atoms with Crippen LogP contribution in [-0.4, -0.2) is 23.9 Å². The van der Waals surface area contributed by atoms with E-state index in [4.69, 9.17) is 9.15 Å². The molecule has 1 aliphatic heterocycles. The summed E-state index contributed by atoms with van der Waals surface area (Å²) in [6, 6.07) is 4.33. The van der Waals surface area contributed by atoms with Gasteiger partial charge in [0.1, 0.15) is 6.26 Å². The minimum absolute atomic E-state index is 0.0344. The Morgan fingerprint density at radius 2 is 2.09 bits per heavy atom. The number of oxazole rings is 1. The number of carbonyl (C=O) groups excluding carboxylic acids is 1. The SMILES string of the molecule is CCOC(=O)c1coc(C=Cc2ccc3c(c2)OC(F)(F)O3)n1. The number of nitrogens with zero attached hydrogens (tertiary/aromatic N) is 1. The van der Waals surface area contributed by atoms with Crippen molar-refractivity contribution in [3.8, 4) is 11.5 Å². The maximum Gasteiger partial charge on any atom is 0.586 e. The molecule has 1 aromatic carbocycles. The summed E-state index contributed by atoms with van der Waals surface area (Å²) in [6.45, 7) is 1.92. The van der Waals surface area contributed by atoms with E-state index in [2.05, 4.69) is 14.5 Å². The lowest BCUT2D eigenvalue weighted by atomic mass is 10.2. The monoisotopic (exact) mass is 323 g/mol. The van der Waals surface area contributed by atoms with Gasteiger partial charge in [0.05, 0.1) is 6.61 Å². The van der Waals surface area contributed by atoms with Gasteiger partial charge in [0.15, 0.2) is 17.2 Å². The van der Waals surface area contributed by atoms with Gasteiger partial charge in [0.2, 0.25) is 5.89 Å². The van der Waals surface area contributed by atoms with Crippen LogP contribution in [-0.2, 0) is 4.74 Å². The zero-order valence-electron chi connectivity index (χ0n) is 11.9. The molecule has 0 aliphatic carbocycles. The number of carbonyl (C=O) groups is 1. The number of esters is 1. The van der Waals surface area contributed by atoms with Crippen molar-refractivity contribution >= 4 is 18.1 Å². The molecule has 0 amide bonds. The van der Waals surface area contributed by atoms with Gasteiger partial charge in [-0.3, -0.25) is 0 Å². The summed E-state index contributed by atoms with van der Waals surface area (Å²) in [5.41, 5.74) is 0.623. The maximum atomic E-state index is 12.9. The van der Waals surface area contributed by atoms with Gasteiger partial charge in [-0.05, 0) is 30.7 Å². The molecular formula is C15H11F2NO5. The van der Waals surface area contributed by atoms with Gasteiger partial charge >= 0.3 is 12.3 Å². The summed E-state index contributed by atoms with van der Waals surface area (Å²) >= 11 is 0. The van der Waals surface area contributed by atoms with Gasteiger partial charge in [-0.1, -0.05) is 6.07 Å². The highest BCUT2D eigenvalue weighted by Crippen LogP contribution is 2.41. The summed E-state index contributed by atoms with van der Waals surface area (Å²) in [4.78, 5) is 15.4. The topological polar surface area (TPSA) is 70.8 Å². The third-order valence-corrected chi connectivity index (χ3v) is 2.85. The third kappa shape index (κ3) is 3.31. The minimum atomic E-state index is -3.65. The van der Waals surface area contributed by atoms with Gasteiger partial charge in [-0.2, -0.15) is 0 Å². The van der Waals surface area contributed by atoms with E-state index in [0.29, 0.717) is 5.56 Å². The van der Waals surface area contributed by atoms with Crippen LogP contribution in [0, 0.1) is 0 Å². The second-order valence-corrected chi connectivity index (χ2v) is 4.50. The molecule has 6 nitrogen and oxygen atoms in total. The van der Waals surface area contributed by atoms with Gasteiger partial charge in [-0.25, -0.2) is 9.78 Å². The largest absolute Gasteiger partial charge is 0.586 e. The third-order valence-electron chi connectivity index (χ3n) is 2.85. The van der Waals surface area contributed by atoms with Crippen molar-refractivity contribution < 1.29 is 32.2 Å². The van der Waals surface area contributed by atoms with Crippen LogP contribution in [0.4, 0.5) is 8.78 Å². The van der Waals surface area contributed by atoms with E-state index in [1.165, 1.54) is 24.5 Å². The first-order valence-corrected chi connectivity index (χ1v) is 6.67. The average Bonchev–Trinajstić information content (AvgIpc) is 3.07. The summed E-state index contributed by atoms with van der Waals surface area (Å²) in [5, 5.41) is 0. The van der Waals surface area contributed by atoms with Crippen LogP contribution in [0.15, 0.2) is 28.9 Å². The number of aromatic nitrogens is 1. The highest BCUT2D eigenvalue weighted by Gasteiger charge is 2.43. The number of hydrogen-bond acceptors (Lipinski definition) is 6. The number of hydrogen-bond donors (Lipinski definition) is 0. The Morgan fingerprint density at radius 1 is 1.30 bits per heavy atom. The molecule has 0 unspecified atom stereocenters. The van der Waals surface area contributed by atoms with E-state index in [1.807, 2.05) is 0 Å². The van der Waals surface area contributed by atoms with Crippen LogP contribution in [0.2, 0.25) is 0 Å². The average molecular weight is 323 g/mol. The summed E-state index contributed by atoms with van der Waals surface area (Å²) in [6.07, 6.45) is 0.582. The van der Waals surface area contributed by atoms with Crippen molar-refractivity contribution in [1.82, 2.24) is 4.98 Å². The minimum Gasteiger partial charge on any atom is -0.461 e. The van der Waals surface area contributed by atoms with E-state index in [1.54, 1.807) is 19.1 Å². The van der Waals surface area contributed by atoms with Crippen molar-refractivity contribution in [3.63, 3.8) is 0 Å². The molecule has 1 aliphatic rings. The maximum absolute atomic E-state index is 12.9. The highest BCUT2D eigenvalue weighted by molar-refractivity contribution is 5.87. The fraction of sp³-hybridized carbons (Fsp3) is 0.200. The lowest BCUT2D eigenvalue weighted by Crippen LogP contribution is -2.25. The zero-order valence-corrected chi connectivity index (χ0v) is 11.9. The number of fused-ring (bicyclic) bond motifs is 1. The van der Waals surface area contributed by atoms with Crippen LogP contribution < -0.4 is 9.47 Å². The summed E-state index contributed by atoms with van der Waals surface area (Å²) in [7, 11) is 0. The van der Waals surface area contributed by atoms with E-state index >= 15 is 0 Å². The molecule has 2 aromatic rings. The first kappa shape index (κ1) is 15.0. The normalized spacial score (nSPS) is 15.1. The first-order chi connectivity index (χ1) is 11.0. The van der Waals surface area contributed by atoms with Gasteiger partial charge in [0.25, 0.3) is 0 Å². The van der Waals surface area contributed by atoms with Crippen LogP contribution in [0.1, 0.15) is 28.9 Å². The Kier molecular flexibility index (Phi) is 3.73. The number of benzene rings is 1. The molecule has 0 N–H and O–H groups in total. The predicted molar refractivity (Wildman–Crippen MR) is 74.0 cm³/mol. The van der Waals surface area contributed by atoms with Crippen molar-refractivity contribution in [3.05, 3.63) is 41.6 Å². The lowest BCUT2D eigenvalue weighted by Gasteiger charge is -2.04. The molecule has 3 rings (SSSR count). The molecule has 0 fully saturated rings. The Morgan fingerprint density at radius 3 is 2.87 bits per heavy atom. The Hall–Kier alpha value is -2.90. The van der Waals surface area contributed by atoms with Gasteiger partial charge < -0.3 is 18.6 Å². The quantitative estimate of drug-likeness (QED) is 0.804. The Bertz CT molecular complexity index is 769. The standard InChI is InChI=1S/C15H11F2NO5/c1-2-20-14(19)10-8-21-13(18-10)6-4-9-3-5-11-12(7-9)23-15(16,17)22-11/h3-8H,2H2,1H3. The Labute approximate surface area is 129 Å². The second kappa shape index (κ2) is 5.71. The van der Waals surface area contributed by atoms with Crippen molar-refractivity contribution in [1.29, 1.82) is 0 Å². The van der Waals surface area contributed by atoms with Crippen LogP contribution >= 0.6 is 0 Å². The zero-order chi connectivity index (χ0) is 16.4. The van der Waals surface area contributed by atoms with Gasteiger partial charge in [-0.15, -0.1) is 8.78 Å². The van der Waals surface area contributed by atoms with Crippen LogP contribution in [0.3, 0.4) is 0 Å². The summed E-state index contributed by atoms with van der Waals surface area (Å²) < 4.78 is 44.4. The second-order valence-electron chi connectivity index (χ2n) is 4.50. The van der Waals surface area contributed by atoms with Crippen LogP contribution in [0.5, 0.6) is 11.5 Å². The molecule has 0 bridgehead atoms. The molecule has 8 heteroatoms. The number of halogens is 2. The fourth-order valence-corrected chi connectivity index (χ4v) is 1.90. The molecule has 120 valence electrons.